The standard InChI is InChI=1S/C20H18F2O6S2/c1-4-20(2)18(12-5-8-14(9-6-12)30(26,27)29(3,24)25)17(19(23)28-20)13-7-10-15(21)16(22)11-13/h5-11H,4H2,1-3H3. The molecular weight excluding hydrogens is 438 g/mol. The van der Waals surface area contributed by atoms with Crippen LogP contribution in [0.1, 0.15) is 31.4 Å². The van der Waals surface area contributed by atoms with Crippen LogP contribution in [-0.2, 0) is 27.3 Å². The predicted octanol–water partition coefficient (Wildman–Crippen LogP) is 3.33. The van der Waals surface area contributed by atoms with Gasteiger partial charge >= 0.3 is 5.97 Å². The van der Waals surface area contributed by atoms with E-state index < -0.39 is 45.8 Å². The molecule has 2 aromatic rings. The van der Waals surface area contributed by atoms with Crippen LogP contribution in [0.4, 0.5) is 8.78 Å². The number of rotatable bonds is 5. The molecule has 2 aromatic carbocycles. The SMILES string of the molecule is CCC1(C)OC(=O)C(c2ccc(F)c(F)c2)=C1c1ccc(S(=O)(=O)S(C)(=O)=O)cc1. The third kappa shape index (κ3) is 3.54. The van der Waals surface area contributed by atoms with E-state index in [0.29, 0.717) is 23.8 Å². The van der Waals surface area contributed by atoms with Crippen molar-refractivity contribution >= 4 is 34.9 Å². The van der Waals surface area contributed by atoms with Gasteiger partial charge in [0.05, 0.1) is 16.7 Å². The lowest BCUT2D eigenvalue weighted by molar-refractivity contribution is -0.143. The lowest BCUT2D eigenvalue weighted by atomic mass is 9.84. The van der Waals surface area contributed by atoms with Crippen LogP contribution in [0.2, 0.25) is 0 Å². The van der Waals surface area contributed by atoms with Crippen LogP contribution in [0.25, 0.3) is 11.1 Å². The van der Waals surface area contributed by atoms with Crippen LogP contribution in [0.15, 0.2) is 47.4 Å². The maximum Gasteiger partial charge on any atom is 0.340 e. The smallest absolute Gasteiger partial charge is 0.340 e. The molecule has 0 bridgehead atoms. The van der Waals surface area contributed by atoms with Gasteiger partial charge in [0.15, 0.2) is 11.6 Å². The number of hydrogen-bond acceptors (Lipinski definition) is 6. The second-order valence-corrected chi connectivity index (χ2v) is 13.0. The van der Waals surface area contributed by atoms with Gasteiger partial charge in [0.25, 0.3) is 17.7 Å². The topological polar surface area (TPSA) is 94.6 Å². The number of benzene rings is 2. The first-order valence-electron chi connectivity index (χ1n) is 8.81. The van der Waals surface area contributed by atoms with E-state index >= 15 is 0 Å². The molecule has 1 unspecified atom stereocenters. The maximum atomic E-state index is 13.8. The zero-order chi connectivity index (χ0) is 22.5. The first-order chi connectivity index (χ1) is 13.8. The van der Waals surface area contributed by atoms with Gasteiger partial charge in [0.2, 0.25) is 0 Å². The number of carbonyl (C=O) groups is 1. The highest BCUT2D eigenvalue weighted by atomic mass is 33.2. The molecule has 1 atom stereocenters. The van der Waals surface area contributed by atoms with E-state index in [1.54, 1.807) is 13.8 Å². The van der Waals surface area contributed by atoms with Crippen molar-refractivity contribution in [1.29, 1.82) is 0 Å². The van der Waals surface area contributed by atoms with E-state index in [9.17, 15) is 30.4 Å². The van der Waals surface area contributed by atoms with Crippen molar-refractivity contribution in [2.24, 2.45) is 0 Å². The van der Waals surface area contributed by atoms with Gasteiger partial charge in [0, 0.05) is 5.57 Å². The Balaban J connectivity index is 2.24. The molecule has 0 fully saturated rings. The van der Waals surface area contributed by atoms with Crippen LogP contribution >= 0.6 is 0 Å². The molecule has 160 valence electrons. The van der Waals surface area contributed by atoms with E-state index in [-0.39, 0.29) is 11.1 Å². The Kier molecular flexibility index (Phi) is 5.36. The highest BCUT2D eigenvalue weighted by Gasteiger charge is 2.44. The fourth-order valence-electron chi connectivity index (χ4n) is 3.25. The monoisotopic (exact) mass is 456 g/mol. The number of esters is 1. The molecule has 0 saturated heterocycles. The molecule has 3 rings (SSSR count). The molecule has 1 heterocycles. The van der Waals surface area contributed by atoms with Gasteiger partial charge in [-0.1, -0.05) is 25.1 Å². The van der Waals surface area contributed by atoms with Crippen molar-refractivity contribution in [2.45, 2.75) is 30.8 Å². The first-order valence-corrected chi connectivity index (χ1v) is 12.7. The summed E-state index contributed by atoms with van der Waals surface area (Å²) in [6.07, 6.45) is 0.947. The second kappa shape index (κ2) is 7.28. The lowest BCUT2D eigenvalue weighted by Crippen LogP contribution is -2.26. The number of cyclic esters (lactones) is 1. The number of ether oxygens (including phenoxy) is 1. The Bertz CT molecular complexity index is 1280. The van der Waals surface area contributed by atoms with E-state index in [4.69, 9.17) is 4.74 Å². The zero-order valence-electron chi connectivity index (χ0n) is 16.3. The number of hydrogen-bond donors (Lipinski definition) is 0. The molecule has 0 N–H and O–H groups in total. The number of carbonyl (C=O) groups excluding carboxylic acids is 1. The molecule has 6 nitrogen and oxygen atoms in total. The van der Waals surface area contributed by atoms with Crippen LogP contribution in [-0.4, -0.2) is 34.7 Å². The highest BCUT2D eigenvalue weighted by Crippen LogP contribution is 2.46. The normalized spacial score (nSPS) is 19.8. The van der Waals surface area contributed by atoms with E-state index in [1.807, 2.05) is 0 Å². The Labute approximate surface area is 172 Å². The Morgan fingerprint density at radius 1 is 0.933 bits per heavy atom. The minimum absolute atomic E-state index is 0.0250. The van der Waals surface area contributed by atoms with Gasteiger partial charge in [-0.05, 0) is 48.7 Å². The molecule has 0 aliphatic carbocycles. The van der Waals surface area contributed by atoms with Gasteiger partial charge in [0.1, 0.15) is 5.60 Å². The van der Waals surface area contributed by atoms with E-state index in [1.165, 1.54) is 18.2 Å². The van der Waals surface area contributed by atoms with Crippen molar-refractivity contribution in [2.75, 3.05) is 6.26 Å². The van der Waals surface area contributed by atoms with E-state index in [0.717, 1.165) is 24.3 Å². The highest BCUT2D eigenvalue weighted by molar-refractivity contribution is 8.66. The fourth-order valence-corrected chi connectivity index (χ4v) is 5.45. The van der Waals surface area contributed by atoms with Crippen molar-refractivity contribution in [3.05, 3.63) is 65.2 Å². The Morgan fingerprint density at radius 3 is 2.00 bits per heavy atom. The minimum atomic E-state index is -4.57. The third-order valence-electron chi connectivity index (χ3n) is 5.01. The Morgan fingerprint density at radius 2 is 1.50 bits per heavy atom. The van der Waals surface area contributed by atoms with Gasteiger partial charge in [-0.2, -0.15) is 0 Å². The van der Waals surface area contributed by atoms with Crippen molar-refractivity contribution in [3.8, 4) is 0 Å². The Hall–Kier alpha value is -2.59. The molecule has 0 saturated carbocycles. The summed E-state index contributed by atoms with van der Waals surface area (Å²) in [6.45, 7) is 3.41. The first kappa shape index (κ1) is 22.1. The van der Waals surface area contributed by atoms with Gasteiger partial charge in [-0.3, -0.25) is 0 Å². The van der Waals surface area contributed by atoms with Crippen molar-refractivity contribution in [1.82, 2.24) is 0 Å². The summed E-state index contributed by atoms with van der Waals surface area (Å²) < 4.78 is 80.0. The summed E-state index contributed by atoms with van der Waals surface area (Å²) in [6, 6.07) is 7.95. The maximum absolute atomic E-state index is 13.8. The van der Waals surface area contributed by atoms with Gasteiger partial charge < -0.3 is 4.74 Å². The van der Waals surface area contributed by atoms with Crippen LogP contribution in [0.5, 0.6) is 0 Å². The largest absolute Gasteiger partial charge is 0.451 e. The quantitative estimate of drug-likeness (QED) is 0.506. The lowest BCUT2D eigenvalue weighted by Gasteiger charge is -2.25. The molecule has 0 aromatic heterocycles. The summed E-state index contributed by atoms with van der Waals surface area (Å²) in [5, 5.41) is 0. The molecular formula is C20H18F2O6S2. The molecule has 10 heteroatoms. The molecule has 30 heavy (non-hydrogen) atoms. The molecule has 0 radical (unpaired) electrons. The van der Waals surface area contributed by atoms with Crippen molar-refractivity contribution in [3.63, 3.8) is 0 Å². The van der Waals surface area contributed by atoms with Crippen molar-refractivity contribution < 1.29 is 35.1 Å². The molecule has 1 aliphatic rings. The zero-order valence-corrected chi connectivity index (χ0v) is 17.9. The second-order valence-electron chi connectivity index (χ2n) is 7.04. The summed E-state index contributed by atoms with van der Waals surface area (Å²) in [4.78, 5) is 12.2. The summed E-state index contributed by atoms with van der Waals surface area (Å²) in [7, 11) is -8.95. The molecule has 0 spiro atoms. The average molecular weight is 456 g/mol. The summed E-state index contributed by atoms with van der Waals surface area (Å²) in [5.41, 5.74) is -0.216. The molecule has 0 amide bonds. The fraction of sp³-hybridized carbons (Fsp3) is 0.250. The number of halogens is 2. The van der Waals surface area contributed by atoms with E-state index in [2.05, 4.69) is 0 Å². The van der Waals surface area contributed by atoms with Gasteiger partial charge in [-0.15, -0.1) is 0 Å². The third-order valence-corrected chi connectivity index (χ3v) is 9.63. The summed E-state index contributed by atoms with van der Waals surface area (Å²) in [5.74, 6) is -2.93. The molecule has 1 aliphatic heterocycles. The van der Waals surface area contributed by atoms with Crippen LogP contribution < -0.4 is 0 Å². The minimum Gasteiger partial charge on any atom is -0.451 e. The predicted molar refractivity (Wildman–Crippen MR) is 106 cm³/mol. The average Bonchev–Trinajstić information content (AvgIpc) is 2.94. The van der Waals surface area contributed by atoms with Crippen LogP contribution in [0.3, 0.4) is 0 Å². The summed E-state index contributed by atoms with van der Waals surface area (Å²) >= 11 is 0. The van der Waals surface area contributed by atoms with Gasteiger partial charge in [-0.25, -0.2) is 30.4 Å². The van der Waals surface area contributed by atoms with Crippen LogP contribution in [0, 0.1) is 11.6 Å².